The Balaban J connectivity index is 1.76. The van der Waals surface area contributed by atoms with Gasteiger partial charge in [-0.1, -0.05) is 0 Å². The van der Waals surface area contributed by atoms with Gasteiger partial charge in [0.05, 0.1) is 25.9 Å². The van der Waals surface area contributed by atoms with Crippen molar-refractivity contribution in [2.75, 3.05) is 32.2 Å². The van der Waals surface area contributed by atoms with Crippen LogP contribution in [0.15, 0.2) is 42.9 Å². The van der Waals surface area contributed by atoms with Gasteiger partial charge in [-0.2, -0.15) is 5.10 Å². The van der Waals surface area contributed by atoms with Crippen LogP contribution in [0.2, 0.25) is 0 Å². The number of nitrogens with zero attached hydrogens (tertiary/aromatic N) is 5. The van der Waals surface area contributed by atoms with Gasteiger partial charge >= 0.3 is 0 Å². The number of aromatic nitrogens is 3. The first-order valence-corrected chi connectivity index (χ1v) is 11.8. The Morgan fingerprint density at radius 3 is 2.28 bits per heavy atom. The fourth-order valence-electron chi connectivity index (χ4n) is 4.81. The third-order valence-electron chi connectivity index (χ3n) is 6.80. The lowest BCUT2D eigenvalue weighted by Gasteiger charge is -2.28. The molecule has 1 aliphatic heterocycles. The van der Waals surface area contributed by atoms with E-state index in [1.54, 1.807) is 15.8 Å². The number of pyridine rings is 1. The summed E-state index contributed by atoms with van der Waals surface area (Å²) in [6.07, 6.45) is 5.56. The van der Waals surface area contributed by atoms with Gasteiger partial charge in [0, 0.05) is 73.4 Å². The van der Waals surface area contributed by atoms with E-state index in [4.69, 9.17) is 14.5 Å². The largest absolute Gasteiger partial charge is 0.493 e. The Bertz CT molecular complexity index is 1410. The molecule has 0 amide bonds. The van der Waals surface area contributed by atoms with Crippen molar-refractivity contribution in [2.24, 2.45) is 7.05 Å². The molecule has 5 rings (SSSR count). The fourth-order valence-corrected chi connectivity index (χ4v) is 4.81. The average molecular weight is 494 g/mol. The molecule has 0 saturated carbocycles. The van der Waals surface area contributed by atoms with Crippen molar-refractivity contribution in [3.8, 4) is 22.6 Å². The molecule has 188 valence electrons. The van der Waals surface area contributed by atoms with Crippen LogP contribution in [0.3, 0.4) is 0 Å². The van der Waals surface area contributed by atoms with Crippen LogP contribution in [-0.4, -0.2) is 53.0 Å². The van der Waals surface area contributed by atoms with Crippen LogP contribution in [-0.2, 0) is 13.6 Å². The molecule has 9 heteroatoms. The monoisotopic (exact) mass is 493 g/mol. The van der Waals surface area contributed by atoms with Gasteiger partial charge in [0.1, 0.15) is 5.69 Å². The Kier molecular flexibility index (Phi) is 6.26. The zero-order chi connectivity index (χ0) is 25.6. The van der Waals surface area contributed by atoms with E-state index >= 15 is 8.78 Å². The summed E-state index contributed by atoms with van der Waals surface area (Å²) in [7, 11) is 4.58. The lowest BCUT2D eigenvalue weighted by molar-refractivity contribution is 0.224. The predicted octanol–water partition coefficient (Wildman–Crippen LogP) is 5.29. The molecule has 0 aliphatic carbocycles. The van der Waals surface area contributed by atoms with Crippen LogP contribution >= 0.6 is 0 Å². The van der Waals surface area contributed by atoms with E-state index in [9.17, 15) is 0 Å². The normalized spacial score (nSPS) is 14.3. The van der Waals surface area contributed by atoms with E-state index < -0.39 is 11.6 Å². The fraction of sp³-hybridized carbons (Fsp3) is 0.333. The molecule has 36 heavy (non-hydrogen) atoms. The van der Waals surface area contributed by atoms with Gasteiger partial charge in [-0.05, 0) is 37.6 Å². The number of fused-ring (bicyclic) bond motifs is 3. The Labute approximate surface area is 208 Å². The molecule has 4 aromatic rings. The molecule has 0 N–H and O–H groups in total. The van der Waals surface area contributed by atoms with Crippen molar-refractivity contribution in [2.45, 2.75) is 26.4 Å². The highest BCUT2D eigenvalue weighted by atomic mass is 19.1. The zero-order valence-corrected chi connectivity index (χ0v) is 21.0. The highest BCUT2D eigenvalue weighted by molar-refractivity contribution is 5.92. The van der Waals surface area contributed by atoms with Crippen molar-refractivity contribution in [1.82, 2.24) is 19.7 Å². The molecule has 0 bridgehead atoms. The summed E-state index contributed by atoms with van der Waals surface area (Å²) < 4.78 is 43.4. The number of rotatable bonds is 5. The Hall–Kier alpha value is -3.72. The van der Waals surface area contributed by atoms with E-state index in [1.807, 2.05) is 31.6 Å². The van der Waals surface area contributed by atoms with Crippen LogP contribution in [0.5, 0.6) is 11.5 Å². The minimum absolute atomic E-state index is 0.0731. The number of halogens is 2. The highest BCUT2D eigenvalue weighted by Crippen LogP contribution is 2.43. The summed E-state index contributed by atoms with van der Waals surface area (Å²) in [6.45, 7) is 5.85. The average Bonchev–Trinajstić information content (AvgIpc) is 3.21. The number of hydrogen-bond acceptors (Lipinski definition) is 6. The van der Waals surface area contributed by atoms with E-state index in [2.05, 4.69) is 29.9 Å². The summed E-state index contributed by atoms with van der Waals surface area (Å²) in [4.78, 5) is 8.69. The van der Waals surface area contributed by atoms with Crippen LogP contribution in [0.1, 0.15) is 19.4 Å². The second-order valence-electron chi connectivity index (χ2n) is 9.23. The summed E-state index contributed by atoms with van der Waals surface area (Å²) in [5.74, 6) is -1.67. The molecule has 0 atom stereocenters. The van der Waals surface area contributed by atoms with Crippen molar-refractivity contribution >= 4 is 22.3 Å². The van der Waals surface area contributed by atoms with E-state index in [1.165, 1.54) is 20.3 Å². The van der Waals surface area contributed by atoms with Crippen molar-refractivity contribution < 1.29 is 18.3 Å². The first kappa shape index (κ1) is 24.0. The van der Waals surface area contributed by atoms with Gasteiger partial charge in [-0.15, -0.1) is 0 Å². The molecule has 0 fully saturated rings. The first-order chi connectivity index (χ1) is 17.3. The summed E-state index contributed by atoms with van der Waals surface area (Å²) in [5.41, 5.74) is 4.19. The molecule has 0 saturated heterocycles. The van der Waals surface area contributed by atoms with Crippen LogP contribution in [0, 0.1) is 11.6 Å². The molecular weight excluding hydrogens is 464 g/mol. The van der Waals surface area contributed by atoms with E-state index in [0.717, 1.165) is 33.3 Å². The SMILES string of the molecule is COc1cc(OC)c(F)c(N2CCN(C(C)C)Cc3c2ccc2ncc(-c4cnn(C)c4)cc32)c1F. The summed E-state index contributed by atoms with van der Waals surface area (Å²) in [6, 6.07) is 7.34. The van der Waals surface area contributed by atoms with Crippen molar-refractivity contribution in [3.63, 3.8) is 0 Å². The second kappa shape index (κ2) is 9.39. The highest BCUT2D eigenvalue weighted by Gasteiger charge is 2.31. The standard InChI is InChI=1S/C27H29F2N5O2/c1-16(2)33-8-9-34(27-25(28)23(35-4)11-24(36-5)26(27)29)22-7-6-21-19(20(22)15-33)10-17(12-30-21)18-13-31-32(3)14-18/h6-7,10-14,16H,8-9,15H2,1-5H3. The van der Waals surface area contributed by atoms with Crippen molar-refractivity contribution in [1.29, 1.82) is 0 Å². The maximum absolute atomic E-state index is 15.6. The molecule has 2 aromatic heterocycles. The number of aryl methyl sites for hydroxylation is 1. The van der Waals surface area contributed by atoms with Gasteiger partial charge in [-0.3, -0.25) is 14.6 Å². The predicted molar refractivity (Wildman–Crippen MR) is 136 cm³/mol. The number of methoxy groups -OCH3 is 2. The van der Waals surface area contributed by atoms with Gasteiger partial charge in [-0.25, -0.2) is 8.78 Å². The lowest BCUT2D eigenvalue weighted by atomic mass is 10.0. The minimum atomic E-state index is -0.762. The second-order valence-corrected chi connectivity index (χ2v) is 9.23. The van der Waals surface area contributed by atoms with Gasteiger partial charge in [0.25, 0.3) is 0 Å². The number of anilines is 2. The third-order valence-corrected chi connectivity index (χ3v) is 6.80. The molecular formula is C27H29F2N5O2. The third kappa shape index (κ3) is 4.03. The van der Waals surface area contributed by atoms with Gasteiger partial charge in [0.2, 0.25) is 0 Å². The van der Waals surface area contributed by atoms with Crippen LogP contribution in [0.4, 0.5) is 20.2 Å². The van der Waals surface area contributed by atoms with Crippen LogP contribution in [0.25, 0.3) is 22.0 Å². The van der Waals surface area contributed by atoms with Gasteiger partial charge in [0.15, 0.2) is 23.1 Å². The molecule has 0 spiro atoms. The van der Waals surface area contributed by atoms with Crippen molar-refractivity contribution in [3.05, 3.63) is 60.1 Å². The molecule has 0 radical (unpaired) electrons. The minimum Gasteiger partial charge on any atom is -0.493 e. The molecule has 1 aliphatic rings. The zero-order valence-electron chi connectivity index (χ0n) is 21.0. The Morgan fingerprint density at radius 2 is 1.67 bits per heavy atom. The lowest BCUT2D eigenvalue weighted by Crippen LogP contribution is -2.34. The number of ether oxygens (including phenoxy) is 2. The summed E-state index contributed by atoms with van der Waals surface area (Å²) in [5, 5.41) is 5.21. The summed E-state index contributed by atoms with van der Waals surface area (Å²) >= 11 is 0. The Morgan fingerprint density at radius 1 is 0.944 bits per heavy atom. The van der Waals surface area contributed by atoms with Crippen LogP contribution < -0.4 is 14.4 Å². The maximum Gasteiger partial charge on any atom is 0.191 e. The quantitative estimate of drug-likeness (QED) is 0.377. The maximum atomic E-state index is 15.6. The molecule has 3 heterocycles. The van der Waals surface area contributed by atoms with Gasteiger partial charge < -0.3 is 14.4 Å². The topological polar surface area (TPSA) is 55.7 Å². The number of benzene rings is 2. The smallest absolute Gasteiger partial charge is 0.191 e. The molecule has 7 nitrogen and oxygen atoms in total. The van der Waals surface area contributed by atoms with E-state index in [-0.39, 0.29) is 23.2 Å². The van der Waals surface area contributed by atoms with E-state index in [0.29, 0.717) is 19.6 Å². The first-order valence-electron chi connectivity index (χ1n) is 11.8. The number of hydrogen-bond donors (Lipinski definition) is 0. The molecule has 2 aromatic carbocycles. The molecule has 0 unspecified atom stereocenters.